The summed E-state index contributed by atoms with van der Waals surface area (Å²) in [5.74, 6) is 1.24. The molecule has 4 heteroatoms. The molecule has 1 aromatic carbocycles. The molecule has 0 aliphatic carbocycles. The van der Waals surface area contributed by atoms with E-state index in [4.69, 9.17) is 19.7 Å². The third-order valence-electron chi connectivity index (χ3n) is 1.79. The number of benzene rings is 1. The number of hydrogen-bond acceptors (Lipinski definition) is 4. The van der Waals surface area contributed by atoms with E-state index in [2.05, 4.69) is 0 Å². The minimum absolute atomic E-state index is 0.0447. The number of aliphatic hydroxyl groups excluding tert-OH is 2. The third kappa shape index (κ3) is 2.61. The first kappa shape index (κ1) is 10.8. The van der Waals surface area contributed by atoms with E-state index in [1.807, 2.05) is 0 Å². The molecule has 0 radical (unpaired) electrons. The summed E-state index contributed by atoms with van der Waals surface area (Å²) in [5, 5.41) is 17.6. The quantitative estimate of drug-likeness (QED) is 0.725. The van der Waals surface area contributed by atoms with Crippen molar-refractivity contribution in [2.24, 2.45) is 0 Å². The van der Waals surface area contributed by atoms with Gasteiger partial charge in [0.2, 0.25) is 0 Å². The lowest BCUT2D eigenvalue weighted by Gasteiger charge is -2.10. The van der Waals surface area contributed by atoms with E-state index in [0.717, 1.165) is 0 Å². The summed E-state index contributed by atoms with van der Waals surface area (Å²) >= 11 is 0. The summed E-state index contributed by atoms with van der Waals surface area (Å²) in [4.78, 5) is 0. The number of rotatable bonds is 5. The number of aliphatic hydroxyl groups is 2. The van der Waals surface area contributed by atoms with Crippen LogP contribution in [0.15, 0.2) is 18.2 Å². The molecule has 4 nitrogen and oxygen atoms in total. The van der Waals surface area contributed by atoms with Crippen molar-refractivity contribution in [2.75, 3.05) is 20.3 Å². The molecule has 0 bridgehead atoms. The van der Waals surface area contributed by atoms with Gasteiger partial charge in [-0.15, -0.1) is 0 Å². The molecular weight excluding hydrogens is 184 g/mol. The Labute approximate surface area is 82.7 Å². The Hall–Kier alpha value is -1.26. The van der Waals surface area contributed by atoms with E-state index in [-0.39, 0.29) is 19.8 Å². The van der Waals surface area contributed by atoms with E-state index in [0.29, 0.717) is 17.1 Å². The maximum Gasteiger partial charge on any atom is 0.125 e. The van der Waals surface area contributed by atoms with Crippen molar-refractivity contribution in [3.05, 3.63) is 23.8 Å². The summed E-state index contributed by atoms with van der Waals surface area (Å²) in [5.41, 5.74) is 0.651. The molecule has 0 aliphatic heterocycles. The summed E-state index contributed by atoms with van der Waals surface area (Å²) in [6, 6.07) is 5.15. The van der Waals surface area contributed by atoms with Crippen LogP contribution in [-0.4, -0.2) is 30.5 Å². The molecular formula is C10H14O4. The fourth-order valence-electron chi connectivity index (χ4n) is 1.10. The molecule has 0 heterocycles. The van der Waals surface area contributed by atoms with Crippen molar-refractivity contribution in [3.63, 3.8) is 0 Å². The van der Waals surface area contributed by atoms with Crippen molar-refractivity contribution < 1.29 is 19.7 Å². The van der Waals surface area contributed by atoms with Gasteiger partial charge in [0, 0.05) is 5.56 Å². The van der Waals surface area contributed by atoms with E-state index in [1.54, 1.807) is 25.3 Å². The van der Waals surface area contributed by atoms with Crippen LogP contribution in [0.5, 0.6) is 11.5 Å². The lowest BCUT2D eigenvalue weighted by atomic mass is 10.2. The number of methoxy groups -OCH3 is 1. The molecule has 0 spiro atoms. The zero-order valence-electron chi connectivity index (χ0n) is 8.06. The molecule has 0 atom stereocenters. The Morgan fingerprint density at radius 3 is 2.64 bits per heavy atom. The summed E-state index contributed by atoms with van der Waals surface area (Å²) in [6.45, 7) is 0.0637. The molecule has 2 N–H and O–H groups in total. The zero-order valence-corrected chi connectivity index (χ0v) is 8.06. The normalized spacial score (nSPS) is 9.93. The van der Waals surface area contributed by atoms with Gasteiger partial charge in [-0.2, -0.15) is 0 Å². The first-order valence-corrected chi connectivity index (χ1v) is 4.33. The lowest BCUT2D eigenvalue weighted by Crippen LogP contribution is -2.04. The highest BCUT2D eigenvalue weighted by Gasteiger charge is 2.04. The monoisotopic (exact) mass is 198 g/mol. The minimum Gasteiger partial charge on any atom is -0.497 e. The van der Waals surface area contributed by atoms with Gasteiger partial charge in [0.25, 0.3) is 0 Å². The van der Waals surface area contributed by atoms with Gasteiger partial charge < -0.3 is 19.7 Å². The number of hydrogen-bond donors (Lipinski definition) is 2. The predicted octanol–water partition coefficient (Wildman–Crippen LogP) is 0.559. The molecule has 0 amide bonds. The fraction of sp³-hybridized carbons (Fsp3) is 0.400. The largest absolute Gasteiger partial charge is 0.497 e. The van der Waals surface area contributed by atoms with Crippen LogP contribution in [-0.2, 0) is 6.61 Å². The van der Waals surface area contributed by atoms with E-state index in [1.165, 1.54) is 0 Å². The topological polar surface area (TPSA) is 58.9 Å². The van der Waals surface area contributed by atoms with Gasteiger partial charge in [0.15, 0.2) is 0 Å². The molecule has 0 aliphatic rings. The summed E-state index contributed by atoms with van der Waals surface area (Å²) < 4.78 is 10.2. The second-order valence-corrected chi connectivity index (χ2v) is 2.70. The second-order valence-electron chi connectivity index (χ2n) is 2.70. The van der Waals surface area contributed by atoms with Crippen molar-refractivity contribution in [1.29, 1.82) is 0 Å². The molecule has 1 rings (SSSR count). The van der Waals surface area contributed by atoms with Gasteiger partial charge in [-0.05, 0) is 18.2 Å². The van der Waals surface area contributed by atoms with Crippen LogP contribution in [0.3, 0.4) is 0 Å². The molecule has 14 heavy (non-hydrogen) atoms. The van der Waals surface area contributed by atoms with Crippen LogP contribution >= 0.6 is 0 Å². The van der Waals surface area contributed by atoms with Crippen molar-refractivity contribution in [3.8, 4) is 11.5 Å². The fourth-order valence-corrected chi connectivity index (χ4v) is 1.10. The number of ether oxygens (including phenoxy) is 2. The van der Waals surface area contributed by atoms with Crippen LogP contribution in [0.25, 0.3) is 0 Å². The van der Waals surface area contributed by atoms with Crippen molar-refractivity contribution >= 4 is 0 Å². The molecule has 1 aromatic rings. The van der Waals surface area contributed by atoms with E-state index in [9.17, 15) is 0 Å². The molecule has 0 unspecified atom stereocenters. The lowest BCUT2D eigenvalue weighted by molar-refractivity contribution is 0.195. The van der Waals surface area contributed by atoms with Crippen molar-refractivity contribution in [2.45, 2.75) is 6.61 Å². The molecule has 0 saturated carbocycles. The highest BCUT2D eigenvalue weighted by molar-refractivity contribution is 5.39. The average molecular weight is 198 g/mol. The third-order valence-corrected chi connectivity index (χ3v) is 1.79. The van der Waals surface area contributed by atoms with Gasteiger partial charge in [0.05, 0.1) is 20.3 Å². The smallest absolute Gasteiger partial charge is 0.125 e. The Morgan fingerprint density at radius 1 is 1.29 bits per heavy atom. The van der Waals surface area contributed by atoms with E-state index < -0.39 is 0 Å². The van der Waals surface area contributed by atoms with Crippen LogP contribution < -0.4 is 9.47 Å². The van der Waals surface area contributed by atoms with Gasteiger partial charge >= 0.3 is 0 Å². The van der Waals surface area contributed by atoms with Gasteiger partial charge in [-0.1, -0.05) is 0 Å². The summed E-state index contributed by atoms with van der Waals surface area (Å²) in [7, 11) is 1.56. The van der Waals surface area contributed by atoms with Gasteiger partial charge in [0.1, 0.15) is 18.1 Å². The zero-order chi connectivity index (χ0) is 10.4. The van der Waals surface area contributed by atoms with Crippen LogP contribution in [0, 0.1) is 0 Å². The highest BCUT2D eigenvalue weighted by atomic mass is 16.5. The first-order chi connectivity index (χ1) is 6.81. The van der Waals surface area contributed by atoms with E-state index >= 15 is 0 Å². The van der Waals surface area contributed by atoms with Gasteiger partial charge in [-0.25, -0.2) is 0 Å². The minimum atomic E-state index is -0.113. The Balaban J connectivity index is 2.82. The Morgan fingerprint density at radius 2 is 2.07 bits per heavy atom. The SMILES string of the molecule is COc1ccc(OCCO)c(CO)c1. The van der Waals surface area contributed by atoms with Crippen LogP contribution in [0.1, 0.15) is 5.56 Å². The molecule has 0 aromatic heterocycles. The summed E-state index contributed by atoms with van der Waals surface area (Å²) in [6.07, 6.45) is 0. The van der Waals surface area contributed by atoms with Crippen LogP contribution in [0.4, 0.5) is 0 Å². The predicted molar refractivity (Wildman–Crippen MR) is 51.5 cm³/mol. The molecule has 0 fully saturated rings. The van der Waals surface area contributed by atoms with Gasteiger partial charge in [-0.3, -0.25) is 0 Å². The van der Waals surface area contributed by atoms with Crippen molar-refractivity contribution in [1.82, 2.24) is 0 Å². The van der Waals surface area contributed by atoms with Crippen LogP contribution in [0.2, 0.25) is 0 Å². The Bertz CT molecular complexity index is 285. The first-order valence-electron chi connectivity index (χ1n) is 4.33. The molecule has 78 valence electrons. The average Bonchev–Trinajstić information content (AvgIpc) is 2.26. The molecule has 0 saturated heterocycles. The second kappa shape index (κ2) is 5.47. The highest BCUT2D eigenvalue weighted by Crippen LogP contribution is 2.23. The maximum absolute atomic E-state index is 9.04. The standard InChI is InChI=1S/C10H14O4/c1-13-9-2-3-10(14-5-4-11)8(6-9)7-12/h2-3,6,11-12H,4-5,7H2,1H3. The maximum atomic E-state index is 9.04. The Kier molecular flexibility index (Phi) is 4.22.